The minimum atomic E-state index is -0.491. The van der Waals surface area contributed by atoms with Gasteiger partial charge in [-0.1, -0.05) is 20.8 Å². The lowest BCUT2D eigenvalue weighted by molar-refractivity contribution is -0.150. The van der Waals surface area contributed by atoms with Crippen molar-refractivity contribution >= 4 is 11.8 Å². The number of aliphatic hydroxyl groups excluding tert-OH is 1. The Kier molecular flexibility index (Phi) is 6.75. The van der Waals surface area contributed by atoms with Crippen molar-refractivity contribution in [2.45, 2.75) is 79.4 Å². The number of aliphatic hydroxyl groups is 1. The Morgan fingerprint density at radius 3 is 2.35 bits per heavy atom. The van der Waals surface area contributed by atoms with Crippen LogP contribution in [0.1, 0.15) is 67.2 Å². The molecule has 2 rings (SSSR count). The topological polar surface area (TPSA) is 69.6 Å². The highest BCUT2D eigenvalue weighted by Crippen LogP contribution is 2.55. The molecule has 2 fully saturated rings. The Labute approximate surface area is 158 Å². The third-order valence-corrected chi connectivity index (χ3v) is 7.38. The van der Waals surface area contributed by atoms with Crippen LogP contribution in [0.2, 0.25) is 0 Å². The van der Waals surface area contributed by atoms with E-state index in [1.54, 1.807) is 6.92 Å². The fraction of sp³-hybridized carbons (Fsp3) is 0.905. The second kappa shape index (κ2) is 8.28. The predicted molar refractivity (Wildman–Crippen MR) is 103 cm³/mol. The first kappa shape index (κ1) is 21.2. The zero-order chi connectivity index (χ0) is 19.6. The van der Waals surface area contributed by atoms with Gasteiger partial charge in [-0.3, -0.25) is 9.59 Å². The molecular formula is C21H38N2O3. The minimum absolute atomic E-state index is 0.000275. The average Bonchev–Trinajstić information content (AvgIpc) is 2.58. The maximum absolute atomic E-state index is 12.8. The third-order valence-electron chi connectivity index (χ3n) is 7.38. The summed E-state index contributed by atoms with van der Waals surface area (Å²) in [5.74, 6) is 0.328. The first-order valence-electron chi connectivity index (χ1n) is 10.4. The number of carbonyl (C=O) groups is 2. The molecule has 150 valence electrons. The van der Waals surface area contributed by atoms with Gasteiger partial charge in [0.05, 0.1) is 6.10 Å². The van der Waals surface area contributed by atoms with E-state index in [0.29, 0.717) is 13.1 Å². The normalized spacial score (nSPS) is 38.2. The van der Waals surface area contributed by atoms with Crippen molar-refractivity contribution in [3.05, 3.63) is 0 Å². The van der Waals surface area contributed by atoms with Gasteiger partial charge in [0.1, 0.15) is 0 Å². The Hall–Kier alpha value is -1.10. The van der Waals surface area contributed by atoms with Crippen LogP contribution in [0.4, 0.5) is 0 Å². The molecule has 2 aliphatic rings. The summed E-state index contributed by atoms with van der Waals surface area (Å²) < 4.78 is 0. The molecule has 7 atom stereocenters. The lowest BCUT2D eigenvalue weighted by Gasteiger charge is -2.56. The smallest absolute Gasteiger partial charge is 0.225 e. The highest BCUT2D eigenvalue weighted by molar-refractivity contribution is 5.78. The van der Waals surface area contributed by atoms with Crippen molar-refractivity contribution < 1.29 is 14.7 Å². The molecule has 2 saturated carbocycles. The number of hydrogen-bond donors (Lipinski definition) is 2. The van der Waals surface area contributed by atoms with Crippen LogP contribution in [0.15, 0.2) is 0 Å². The lowest BCUT2D eigenvalue weighted by atomic mass is 9.51. The lowest BCUT2D eigenvalue weighted by Crippen LogP contribution is -2.58. The fourth-order valence-electron chi connectivity index (χ4n) is 5.77. The highest BCUT2D eigenvalue weighted by atomic mass is 16.3. The molecule has 2 amide bonds. The summed E-state index contributed by atoms with van der Waals surface area (Å²) in [4.78, 5) is 26.3. The second-order valence-electron chi connectivity index (χ2n) is 8.88. The van der Waals surface area contributed by atoms with Gasteiger partial charge in [0.15, 0.2) is 0 Å². The zero-order valence-corrected chi connectivity index (χ0v) is 17.4. The number of amides is 2. The first-order valence-corrected chi connectivity index (χ1v) is 10.4. The molecule has 5 nitrogen and oxygen atoms in total. The van der Waals surface area contributed by atoms with Crippen LogP contribution in [-0.4, -0.2) is 47.1 Å². The van der Waals surface area contributed by atoms with Crippen LogP contribution < -0.4 is 5.32 Å². The molecule has 0 aliphatic heterocycles. The molecular weight excluding hydrogens is 328 g/mol. The molecule has 0 aromatic carbocycles. The van der Waals surface area contributed by atoms with Crippen LogP contribution in [0.5, 0.6) is 0 Å². The van der Waals surface area contributed by atoms with E-state index in [1.807, 2.05) is 25.7 Å². The highest BCUT2D eigenvalue weighted by Gasteiger charge is 2.53. The fourth-order valence-corrected chi connectivity index (χ4v) is 5.77. The molecule has 2 aliphatic carbocycles. The van der Waals surface area contributed by atoms with E-state index in [9.17, 15) is 14.7 Å². The van der Waals surface area contributed by atoms with E-state index in [1.165, 1.54) is 0 Å². The summed E-state index contributed by atoms with van der Waals surface area (Å²) in [5, 5.41) is 14.4. The van der Waals surface area contributed by atoms with Crippen molar-refractivity contribution in [1.82, 2.24) is 10.2 Å². The van der Waals surface area contributed by atoms with Crippen LogP contribution in [-0.2, 0) is 9.59 Å². The maximum atomic E-state index is 12.8. The quantitative estimate of drug-likeness (QED) is 0.786. The number of fused-ring (bicyclic) bond motifs is 1. The van der Waals surface area contributed by atoms with Crippen molar-refractivity contribution in [2.75, 3.05) is 13.1 Å². The predicted octanol–water partition coefficient (Wildman–Crippen LogP) is 2.82. The zero-order valence-electron chi connectivity index (χ0n) is 17.4. The number of carbonyl (C=O) groups excluding carboxylic acids is 2. The van der Waals surface area contributed by atoms with Gasteiger partial charge >= 0.3 is 0 Å². The van der Waals surface area contributed by atoms with Gasteiger partial charge < -0.3 is 15.3 Å². The van der Waals surface area contributed by atoms with Gasteiger partial charge in [-0.2, -0.15) is 0 Å². The van der Waals surface area contributed by atoms with Gasteiger partial charge in [-0.05, 0) is 62.7 Å². The van der Waals surface area contributed by atoms with E-state index < -0.39 is 6.10 Å². The second-order valence-corrected chi connectivity index (χ2v) is 8.88. The van der Waals surface area contributed by atoms with Crippen LogP contribution in [0, 0.1) is 29.1 Å². The van der Waals surface area contributed by atoms with Crippen LogP contribution in [0.3, 0.4) is 0 Å². The molecule has 0 heterocycles. The van der Waals surface area contributed by atoms with Crippen LogP contribution >= 0.6 is 0 Å². The summed E-state index contributed by atoms with van der Waals surface area (Å²) in [7, 11) is 0. The molecule has 0 bridgehead atoms. The summed E-state index contributed by atoms with van der Waals surface area (Å²) >= 11 is 0. The van der Waals surface area contributed by atoms with Crippen molar-refractivity contribution in [3.8, 4) is 0 Å². The van der Waals surface area contributed by atoms with E-state index in [2.05, 4.69) is 19.2 Å². The standard InChI is InChI=1S/C21H38N2O3/c1-7-23(8-2)20(26)13(3)16-9-11-21(6)12-10-17(22-15(5)24)14(4)18(21)19(16)25/h13-14,16-19,25H,7-12H2,1-6H3,(H,22,24)/t13?,14-,16+,17+,18-,19+,21+/m1/s1. The molecule has 2 N–H and O–H groups in total. The molecule has 5 heteroatoms. The average molecular weight is 367 g/mol. The van der Waals surface area contributed by atoms with E-state index >= 15 is 0 Å². The third kappa shape index (κ3) is 3.92. The summed E-state index contributed by atoms with van der Waals surface area (Å²) in [6, 6.07) is 0.118. The van der Waals surface area contributed by atoms with Gasteiger partial charge in [0, 0.05) is 32.0 Å². The molecule has 0 saturated heterocycles. The SMILES string of the molecule is CCN(CC)C(=O)C(C)[C@@H]1CC[C@@]2(C)CC[C@H](NC(C)=O)[C@@H](C)[C@@H]2[C@H]1O. The Bertz CT molecular complexity index is 519. The van der Waals surface area contributed by atoms with Gasteiger partial charge in [0.25, 0.3) is 0 Å². The molecule has 0 aromatic rings. The molecule has 0 radical (unpaired) electrons. The molecule has 0 aromatic heterocycles. The Morgan fingerprint density at radius 1 is 1.23 bits per heavy atom. The number of nitrogens with zero attached hydrogens (tertiary/aromatic N) is 1. The molecule has 1 unspecified atom stereocenters. The molecule has 26 heavy (non-hydrogen) atoms. The first-order chi connectivity index (χ1) is 12.2. The monoisotopic (exact) mass is 366 g/mol. The van der Waals surface area contributed by atoms with Crippen molar-refractivity contribution in [2.24, 2.45) is 29.1 Å². The number of hydrogen-bond acceptors (Lipinski definition) is 3. The minimum Gasteiger partial charge on any atom is -0.392 e. The van der Waals surface area contributed by atoms with E-state index in [4.69, 9.17) is 0 Å². The van der Waals surface area contributed by atoms with Crippen LogP contribution in [0.25, 0.3) is 0 Å². The van der Waals surface area contributed by atoms with Crippen molar-refractivity contribution in [3.63, 3.8) is 0 Å². The molecule has 0 spiro atoms. The van der Waals surface area contributed by atoms with E-state index in [-0.39, 0.29) is 46.9 Å². The summed E-state index contributed by atoms with van der Waals surface area (Å²) in [5.41, 5.74) is 0.0995. The van der Waals surface area contributed by atoms with E-state index in [0.717, 1.165) is 25.7 Å². The van der Waals surface area contributed by atoms with Gasteiger partial charge in [-0.15, -0.1) is 0 Å². The maximum Gasteiger partial charge on any atom is 0.225 e. The summed E-state index contributed by atoms with van der Waals surface area (Å²) in [6.07, 6.45) is 3.45. The van der Waals surface area contributed by atoms with Crippen molar-refractivity contribution in [1.29, 1.82) is 0 Å². The number of nitrogens with one attached hydrogen (secondary N) is 1. The van der Waals surface area contributed by atoms with Gasteiger partial charge in [-0.25, -0.2) is 0 Å². The number of rotatable bonds is 5. The Balaban J connectivity index is 2.20. The summed E-state index contributed by atoms with van der Waals surface area (Å²) in [6.45, 7) is 13.4. The Morgan fingerprint density at radius 2 is 1.81 bits per heavy atom. The van der Waals surface area contributed by atoms with Gasteiger partial charge in [0.2, 0.25) is 11.8 Å². The largest absolute Gasteiger partial charge is 0.392 e.